The summed E-state index contributed by atoms with van der Waals surface area (Å²) in [6, 6.07) is 27.9. The van der Waals surface area contributed by atoms with Crippen molar-refractivity contribution < 1.29 is 22.9 Å². The molecule has 15 heteroatoms. The molecule has 13 nitrogen and oxygen atoms in total. The van der Waals surface area contributed by atoms with Crippen molar-refractivity contribution in [1.29, 1.82) is 0 Å². The number of fused-ring (bicyclic) bond motifs is 1. The first-order chi connectivity index (χ1) is 29.8. The Hall–Kier alpha value is -6.22. The average Bonchev–Trinajstić information content (AvgIpc) is 3.73. The molecular weight excluding hydrogens is 826 g/mol. The van der Waals surface area contributed by atoms with Crippen LogP contribution in [0.25, 0.3) is 16.5 Å². The first kappa shape index (κ1) is 42.5. The number of carbonyl (C=O) groups excluding carboxylic acids is 1. The van der Waals surface area contributed by atoms with E-state index in [1.807, 2.05) is 48.7 Å². The number of nitrogens with zero attached hydrogens (tertiary/aromatic N) is 4. The predicted molar refractivity (Wildman–Crippen MR) is 244 cm³/mol. The van der Waals surface area contributed by atoms with Crippen molar-refractivity contribution in [2.24, 2.45) is 5.41 Å². The van der Waals surface area contributed by atoms with Crippen molar-refractivity contribution in [3.63, 3.8) is 0 Å². The number of nitrogens with one attached hydrogen (secondary N) is 3. The molecule has 0 unspecified atom stereocenters. The number of aromatic nitrogens is 2. The van der Waals surface area contributed by atoms with Crippen LogP contribution in [0.4, 0.5) is 17.1 Å². The number of H-pyrrole nitrogens is 1. The number of hydrogen-bond acceptors (Lipinski definition) is 10. The Morgan fingerprint density at radius 3 is 2.48 bits per heavy atom. The minimum Gasteiger partial charge on any atom is -0.456 e. The molecule has 3 N–H and O–H groups in total. The van der Waals surface area contributed by atoms with Gasteiger partial charge < -0.3 is 19.9 Å². The number of nitro groups is 1. The summed E-state index contributed by atoms with van der Waals surface area (Å²) in [5.41, 5.74) is 6.75. The Morgan fingerprint density at radius 2 is 1.73 bits per heavy atom. The molecule has 1 amide bonds. The fourth-order valence-electron chi connectivity index (χ4n) is 8.21. The quantitative estimate of drug-likeness (QED) is 0.0710. The highest BCUT2D eigenvalue weighted by molar-refractivity contribution is 7.90. The molecule has 0 atom stereocenters. The fraction of sp³-hybridized carbons (Fsp3) is 0.277. The van der Waals surface area contributed by atoms with E-state index >= 15 is 0 Å². The fourth-order valence-corrected chi connectivity index (χ4v) is 9.32. The third-order valence-corrected chi connectivity index (χ3v) is 13.3. The number of sulfonamides is 1. The van der Waals surface area contributed by atoms with E-state index in [-0.39, 0.29) is 22.4 Å². The van der Waals surface area contributed by atoms with Gasteiger partial charge in [0.1, 0.15) is 17.2 Å². The number of hydrogen-bond donors (Lipinski definition) is 3. The van der Waals surface area contributed by atoms with E-state index in [0.717, 1.165) is 85.2 Å². The molecule has 1 fully saturated rings. The first-order valence-corrected chi connectivity index (χ1v) is 22.5. The lowest BCUT2D eigenvalue weighted by molar-refractivity contribution is -0.384. The van der Waals surface area contributed by atoms with Gasteiger partial charge in [-0.1, -0.05) is 43.2 Å². The maximum Gasteiger partial charge on any atom is 0.293 e. The van der Waals surface area contributed by atoms with Gasteiger partial charge in [0, 0.05) is 91.6 Å². The maximum atomic E-state index is 13.9. The molecule has 62 heavy (non-hydrogen) atoms. The lowest BCUT2D eigenvalue weighted by Crippen LogP contribution is -2.47. The van der Waals surface area contributed by atoms with Crippen molar-refractivity contribution in [3.8, 4) is 11.5 Å². The van der Waals surface area contributed by atoms with Crippen LogP contribution in [-0.2, 0) is 16.4 Å². The highest BCUT2D eigenvalue weighted by Crippen LogP contribution is 2.43. The third-order valence-electron chi connectivity index (χ3n) is 11.7. The average molecular weight is 874 g/mol. The summed E-state index contributed by atoms with van der Waals surface area (Å²) >= 11 is 6.24. The number of rotatable bonds is 14. The number of amides is 1. The zero-order valence-corrected chi connectivity index (χ0v) is 36.1. The van der Waals surface area contributed by atoms with Crippen LogP contribution >= 0.6 is 11.6 Å². The van der Waals surface area contributed by atoms with Crippen LogP contribution in [0.3, 0.4) is 0 Å². The zero-order chi connectivity index (χ0) is 43.4. The van der Waals surface area contributed by atoms with Gasteiger partial charge in [0.15, 0.2) is 0 Å². The van der Waals surface area contributed by atoms with E-state index in [1.54, 1.807) is 36.7 Å². The number of ether oxygens (including phenoxy) is 1. The molecule has 320 valence electrons. The largest absolute Gasteiger partial charge is 0.456 e. The second-order valence-corrected chi connectivity index (χ2v) is 18.7. The number of aromatic amines is 1. The van der Waals surface area contributed by atoms with E-state index in [1.165, 1.54) is 28.8 Å². The van der Waals surface area contributed by atoms with Crippen LogP contribution in [0.15, 0.2) is 126 Å². The summed E-state index contributed by atoms with van der Waals surface area (Å²) < 4.78 is 35.8. The lowest BCUT2D eigenvalue weighted by Gasteiger charge is -2.39. The second kappa shape index (κ2) is 18.0. The number of anilines is 2. The molecule has 8 rings (SSSR count). The molecule has 0 saturated carbocycles. The number of benzene rings is 4. The van der Waals surface area contributed by atoms with E-state index in [4.69, 9.17) is 16.3 Å². The standard InChI is InChI=1S/C47H48ClN7O6S/c1-47(2)18-13-35(41(30-47)33-3-5-36(48)6-4-33)31-53-23-25-54(26-24-53)37-7-10-40(45(28-37)61-38-8-11-42-34(27-38)17-22-50-42)46(56)52-62(59,60)39-9-12-43(44(29-39)55(57)58)51-21-16-32-14-19-49-20-15-32/h3-12,14-15,17,19-20,22,27-29,50-51H,13,16,18,21,23-26,30-31H2,1-2H3,(H,52,56). The number of halogens is 1. The highest BCUT2D eigenvalue weighted by atomic mass is 35.5. The molecule has 0 radical (unpaired) electrons. The Labute approximate surface area is 366 Å². The first-order valence-electron chi connectivity index (χ1n) is 20.6. The van der Waals surface area contributed by atoms with Gasteiger partial charge in [-0.2, -0.15) is 0 Å². The van der Waals surface area contributed by atoms with Crippen molar-refractivity contribution >= 4 is 61.1 Å². The van der Waals surface area contributed by atoms with Crippen LogP contribution in [0.1, 0.15) is 54.6 Å². The minimum atomic E-state index is -4.56. The van der Waals surface area contributed by atoms with Gasteiger partial charge in [-0.05, 0) is 121 Å². The molecule has 0 spiro atoms. The second-order valence-electron chi connectivity index (χ2n) is 16.6. The molecule has 3 heterocycles. The topological polar surface area (TPSA) is 163 Å². The zero-order valence-electron chi connectivity index (χ0n) is 34.6. The number of pyridine rings is 1. The minimum absolute atomic E-state index is 0.0177. The number of carbonyl (C=O) groups is 1. The van der Waals surface area contributed by atoms with Crippen molar-refractivity contribution in [3.05, 3.63) is 153 Å². The monoisotopic (exact) mass is 873 g/mol. The van der Waals surface area contributed by atoms with E-state index in [9.17, 15) is 23.3 Å². The Balaban J connectivity index is 1.000. The van der Waals surface area contributed by atoms with E-state index in [0.29, 0.717) is 18.7 Å². The highest BCUT2D eigenvalue weighted by Gasteiger charge is 2.30. The molecule has 1 aliphatic heterocycles. The molecule has 4 aromatic carbocycles. The smallest absolute Gasteiger partial charge is 0.293 e. The maximum absolute atomic E-state index is 13.9. The lowest BCUT2D eigenvalue weighted by atomic mass is 9.72. The Kier molecular flexibility index (Phi) is 12.3. The van der Waals surface area contributed by atoms with Crippen molar-refractivity contribution in [1.82, 2.24) is 19.6 Å². The van der Waals surface area contributed by atoms with Crippen LogP contribution < -0.4 is 19.7 Å². The SMILES string of the molecule is CC1(C)CCC(CN2CCN(c3ccc(C(=O)NS(=O)(=O)c4ccc(NCCc5ccncc5)c([N+](=O)[O-])c4)c(Oc4ccc5[nH]ccc5c4)c3)CC2)=C(c2ccc(Cl)cc2)C1. The molecule has 6 aromatic rings. The summed E-state index contributed by atoms with van der Waals surface area (Å²) in [7, 11) is -4.56. The van der Waals surface area contributed by atoms with Gasteiger partial charge >= 0.3 is 0 Å². The summed E-state index contributed by atoms with van der Waals surface area (Å²) in [6.45, 7) is 9.04. The molecular formula is C47H48ClN7O6S. The van der Waals surface area contributed by atoms with Gasteiger partial charge in [-0.3, -0.25) is 24.8 Å². The van der Waals surface area contributed by atoms with Crippen molar-refractivity contribution in [2.45, 2.75) is 44.4 Å². The van der Waals surface area contributed by atoms with Crippen LogP contribution in [0.5, 0.6) is 11.5 Å². The van der Waals surface area contributed by atoms with Crippen molar-refractivity contribution in [2.75, 3.05) is 49.5 Å². The van der Waals surface area contributed by atoms with Gasteiger partial charge in [0.25, 0.3) is 21.6 Å². The molecule has 0 bridgehead atoms. The predicted octanol–water partition coefficient (Wildman–Crippen LogP) is 9.48. The van der Waals surface area contributed by atoms with Crippen LogP contribution in [0.2, 0.25) is 5.02 Å². The number of piperazine rings is 1. The molecule has 1 aliphatic carbocycles. The summed E-state index contributed by atoms with van der Waals surface area (Å²) in [5, 5.41) is 16.7. The van der Waals surface area contributed by atoms with Gasteiger partial charge in [0.2, 0.25) is 0 Å². The number of nitro benzene ring substituents is 1. The van der Waals surface area contributed by atoms with Gasteiger partial charge in [-0.25, -0.2) is 13.1 Å². The Morgan fingerprint density at radius 1 is 0.952 bits per heavy atom. The summed E-state index contributed by atoms with van der Waals surface area (Å²) in [4.78, 5) is 36.8. The van der Waals surface area contributed by atoms with E-state index < -0.39 is 31.4 Å². The third kappa shape index (κ3) is 9.94. The van der Waals surface area contributed by atoms with Gasteiger partial charge in [-0.15, -0.1) is 0 Å². The molecule has 2 aromatic heterocycles. The van der Waals surface area contributed by atoms with Crippen LogP contribution in [0, 0.1) is 15.5 Å². The number of allylic oxidation sites excluding steroid dienone is 1. The molecule has 1 saturated heterocycles. The summed E-state index contributed by atoms with van der Waals surface area (Å²) in [5.74, 6) is -0.324. The van der Waals surface area contributed by atoms with Gasteiger partial charge in [0.05, 0.1) is 15.4 Å². The normalized spacial score (nSPS) is 15.7. The molecule has 2 aliphatic rings. The van der Waals surface area contributed by atoms with Crippen LogP contribution in [-0.4, -0.2) is 73.4 Å². The Bertz CT molecular complexity index is 2750. The summed E-state index contributed by atoms with van der Waals surface area (Å²) in [6.07, 6.45) is 8.91. The van der Waals surface area contributed by atoms with E-state index in [2.05, 4.69) is 55.8 Å².